The Hall–Kier alpha value is -2.54. The monoisotopic (exact) mass is 271 g/mol. The van der Waals surface area contributed by atoms with Crippen LogP contribution in [0.3, 0.4) is 0 Å². The first kappa shape index (κ1) is 12.2. The zero-order valence-corrected chi connectivity index (χ0v) is 11.8. The highest BCUT2D eigenvalue weighted by Crippen LogP contribution is 2.30. The molecule has 21 heavy (non-hydrogen) atoms. The molecule has 0 amide bonds. The summed E-state index contributed by atoms with van der Waals surface area (Å²) in [4.78, 5) is 0. The van der Waals surface area contributed by atoms with Crippen LogP contribution in [0.1, 0.15) is 17.5 Å². The smallest absolute Gasteiger partial charge is 0.0350 e. The minimum absolute atomic E-state index is 0.916. The van der Waals surface area contributed by atoms with E-state index in [0.29, 0.717) is 0 Å². The molecule has 1 aliphatic rings. The minimum Gasteiger partial charge on any atom is -0.398 e. The number of nitrogens with two attached hydrogens (primary N) is 1. The van der Waals surface area contributed by atoms with E-state index >= 15 is 0 Å². The lowest BCUT2D eigenvalue weighted by Crippen LogP contribution is -2.06. The zero-order valence-electron chi connectivity index (χ0n) is 11.8. The lowest BCUT2D eigenvalue weighted by molar-refractivity contribution is 0.973. The van der Waals surface area contributed by atoms with Crippen LogP contribution in [0.4, 0.5) is 0 Å². The Labute approximate surface area is 124 Å². The zero-order chi connectivity index (χ0) is 14.2. The van der Waals surface area contributed by atoms with Gasteiger partial charge in [0.15, 0.2) is 0 Å². The number of allylic oxidation sites excluding steroid dienone is 1. The summed E-state index contributed by atoms with van der Waals surface area (Å²) in [6, 6.07) is 21.7. The Morgan fingerprint density at radius 3 is 2.43 bits per heavy atom. The SMILES string of the molecule is NC1=CCCc2ccc(-c3ccc4ccccc4c3)cc21. The molecule has 0 heterocycles. The van der Waals surface area contributed by atoms with Gasteiger partial charge in [0.05, 0.1) is 0 Å². The molecule has 4 rings (SSSR count). The van der Waals surface area contributed by atoms with Crippen molar-refractivity contribution in [3.8, 4) is 11.1 Å². The van der Waals surface area contributed by atoms with Crippen LogP contribution in [0.15, 0.2) is 66.7 Å². The standard InChI is InChI=1S/C20H17N/c21-20-7-3-6-15-9-11-18(13-19(15)20)17-10-8-14-4-1-2-5-16(14)12-17/h1-2,4-5,7-13H,3,6,21H2. The lowest BCUT2D eigenvalue weighted by atomic mass is 9.91. The van der Waals surface area contributed by atoms with Gasteiger partial charge in [0, 0.05) is 11.3 Å². The molecule has 1 heteroatoms. The Balaban J connectivity index is 1.85. The van der Waals surface area contributed by atoms with Crippen LogP contribution < -0.4 is 5.73 Å². The first-order chi connectivity index (χ1) is 10.3. The second-order valence-electron chi connectivity index (χ2n) is 5.63. The van der Waals surface area contributed by atoms with Crippen LogP contribution in [0, 0.1) is 0 Å². The molecule has 0 saturated carbocycles. The van der Waals surface area contributed by atoms with Crippen LogP contribution in [0.2, 0.25) is 0 Å². The van der Waals surface area contributed by atoms with E-state index in [0.717, 1.165) is 18.5 Å². The molecule has 0 aliphatic heterocycles. The summed E-state index contributed by atoms with van der Waals surface area (Å²) in [5, 5.41) is 2.55. The Kier molecular flexibility index (Phi) is 2.78. The molecule has 0 fully saturated rings. The summed E-state index contributed by atoms with van der Waals surface area (Å²) in [5.74, 6) is 0. The molecular weight excluding hydrogens is 254 g/mol. The summed E-state index contributed by atoms with van der Waals surface area (Å²) in [5.41, 5.74) is 12.1. The quantitative estimate of drug-likeness (QED) is 0.679. The van der Waals surface area contributed by atoms with Crippen molar-refractivity contribution >= 4 is 16.5 Å². The maximum Gasteiger partial charge on any atom is 0.0350 e. The van der Waals surface area contributed by atoms with E-state index in [1.807, 2.05) is 0 Å². The first-order valence-electron chi connectivity index (χ1n) is 7.39. The second-order valence-corrected chi connectivity index (χ2v) is 5.63. The van der Waals surface area contributed by atoms with Gasteiger partial charge in [-0.3, -0.25) is 0 Å². The molecule has 0 atom stereocenters. The third kappa shape index (κ3) is 2.11. The van der Waals surface area contributed by atoms with Crippen molar-refractivity contribution in [2.75, 3.05) is 0 Å². The minimum atomic E-state index is 0.916. The van der Waals surface area contributed by atoms with E-state index < -0.39 is 0 Å². The molecule has 1 nitrogen and oxygen atoms in total. The van der Waals surface area contributed by atoms with E-state index in [1.54, 1.807) is 0 Å². The highest BCUT2D eigenvalue weighted by Gasteiger charge is 2.11. The fourth-order valence-corrected chi connectivity index (χ4v) is 3.10. The molecule has 102 valence electrons. The predicted octanol–water partition coefficient (Wildman–Crippen LogP) is 4.75. The summed E-state index contributed by atoms with van der Waals surface area (Å²) >= 11 is 0. The highest BCUT2D eigenvalue weighted by molar-refractivity contribution is 5.87. The molecule has 0 bridgehead atoms. The van der Waals surface area contributed by atoms with Crippen LogP contribution >= 0.6 is 0 Å². The molecule has 3 aromatic rings. The number of hydrogen-bond donors (Lipinski definition) is 1. The molecule has 0 radical (unpaired) electrons. The normalized spacial score (nSPS) is 13.8. The Bertz CT molecular complexity index is 859. The maximum absolute atomic E-state index is 6.14. The summed E-state index contributed by atoms with van der Waals surface area (Å²) < 4.78 is 0. The van der Waals surface area contributed by atoms with Crippen molar-refractivity contribution in [3.63, 3.8) is 0 Å². The van der Waals surface area contributed by atoms with Gasteiger partial charge in [0.2, 0.25) is 0 Å². The van der Waals surface area contributed by atoms with Gasteiger partial charge < -0.3 is 5.73 Å². The van der Waals surface area contributed by atoms with Gasteiger partial charge >= 0.3 is 0 Å². The van der Waals surface area contributed by atoms with Gasteiger partial charge in [-0.2, -0.15) is 0 Å². The fraction of sp³-hybridized carbons (Fsp3) is 0.100. The van der Waals surface area contributed by atoms with Gasteiger partial charge in [0.25, 0.3) is 0 Å². The molecule has 0 aromatic heterocycles. The largest absolute Gasteiger partial charge is 0.398 e. The Morgan fingerprint density at radius 1 is 0.762 bits per heavy atom. The molecule has 2 N–H and O–H groups in total. The van der Waals surface area contributed by atoms with Crippen molar-refractivity contribution in [2.45, 2.75) is 12.8 Å². The molecule has 0 saturated heterocycles. The number of fused-ring (bicyclic) bond motifs is 2. The molecule has 1 aliphatic carbocycles. The van der Waals surface area contributed by atoms with E-state index in [-0.39, 0.29) is 0 Å². The first-order valence-corrected chi connectivity index (χ1v) is 7.39. The van der Waals surface area contributed by atoms with Crippen LogP contribution in [0.25, 0.3) is 27.6 Å². The average Bonchev–Trinajstić information content (AvgIpc) is 2.54. The van der Waals surface area contributed by atoms with Crippen LogP contribution in [-0.2, 0) is 6.42 Å². The van der Waals surface area contributed by atoms with Gasteiger partial charge in [-0.1, -0.05) is 54.6 Å². The van der Waals surface area contributed by atoms with Crippen molar-refractivity contribution in [3.05, 3.63) is 77.9 Å². The van der Waals surface area contributed by atoms with E-state index in [9.17, 15) is 0 Å². The van der Waals surface area contributed by atoms with Crippen LogP contribution in [0.5, 0.6) is 0 Å². The Morgan fingerprint density at radius 2 is 1.52 bits per heavy atom. The van der Waals surface area contributed by atoms with Gasteiger partial charge in [-0.15, -0.1) is 0 Å². The van der Waals surface area contributed by atoms with Crippen LogP contribution in [-0.4, -0.2) is 0 Å². The van der Waals surface area contributed by atoms with Gasteiger partial charge in [-0.25, -0.2) is 0 Å². The molecular formula is C20H17N. The maximum atomic E-state index is 6.14. The van der Waals surface area contributed by atoms with Crippen molar-refractivity contribution in [1.29, 1.82) is 0 Å². The van der Waals surface area contributed by atoms with Crippen molar-refractivity contribution in [1.82, 2.24) is 0 Å². The second kappa shape index (κ2) is 4.78. The number of aryl methyl sites for hydroxylation is 1. The third-order valence-corrected chi connectivity index (χ3v) is 4.28. The van der Waals surface area contributed by atoms with Crippen molar-refractivity contribution in [2.24, 2.45) is 5.73 Å². The average molecular weight is 271 g/mol. The molecule has 0 spiro atoms. The predicted molar refractivity (Wildman–Crippen MR) is 89.9 cm³/mol. The third-order valence-electron chi connectivity index (χ3n) is 4.28. The summed E-state index contributed by atoms with van der Waals surface area (Å²) in [6.07, 6.45) is 4.27. The number of rotatable bonds is 1. The van der Waals surface area contributed by atoms with Gasteiger partial charge in [0.1, 0.15) is 0 Å². The van der Waals surface area contributed by atoms with Crippen molar-refractivity contribution < 1.29 is 0 Å². The highest BCUT2D eigenvalue weighted by atomic mass is 14.6. The summed E-state index contributed by atoms with van der Waals surface area (Å²) in [6.45, 7) is 0. The number of benzene rings is 3. The lowest BCUT2D eigenvalue weighted by Gasteiger charge is -2.16. The van der Waals surface area contributed by atoms with E-state index in [2.05, 4.69) is 66.7 Å². The molecule has 3 aromatic carbocycles. The summed E-state index contributed by atoms with van der Waals surface area (Å²) in [7, 11) is 0. The van der Waals surface area contributed by atoms with Gasteiger partial charge in [-0.05, 0) is 52.4 Å². The number of hydrogen-bond acceptors (Lipinski definition) is 1. The molecule has 0 unspecified atom stereocenters. The topological polar surface area (TPSA) is 26.0 Å². The van der Waals surface area contributed by atoms with E-state index in [1.165, 1.54) is 33.0 Å². The van der Waals surface area contributed by atoms with E-state index in [4.69, 9.17) is 5.73 Å². The fourth-order valence-electron chi connectivity index (χ4n) is 3.10.